The van der Waals surface area contributed by atoms with E-state index in [1.54, 1.807) is 36.4 Å². The number of carbonyl (C=O) groups is 3. The molecule has 7 nitrogen and oxygen atoms in total. The fourth-order valence-electron chi connectivity index (χ4n) is 3.89. The highest BCUT2D eigenvalue weighted by Gasteiger charge is 2.33. The van der Waals surface area contributed by atoms with E-state index < -0.39 is 12.2 Å². The molecule has 1 unspecified atom stereocenters. The van der Waals surface area contributed by atoms with Crippen molar-refractivity contribution in [3.63, 3.8) is 0 Å². The number of benzene rings is 2. The second-order valence-electron chi connectivity index (χ2n) is 8.09. The SMILES string of the molecule is O=C(CCC(=O)c1ccc(Cl)cc1)NCC1CN(c2ccc(N3CCSCC3)c(F)c2)C(=O)O1. The van der Waals surface area contributed by atoms with E-state index in [9.17, 15) is 18.8 Å². The Balaban J connectivity index is 1.25. The number of anilines is 2. The fraction of sp³-hybridized carbons (Fsp3) is 0.375. The average molecular weight is 506 g/mol. The molecule has 10 heteroatoms. The van der Waals surface area contributed by atoms with Crippen LogP contribution in [-0.4, -0.2) is 61.6 Å². The van der Waals surface area contributed by atoms with Crippen LogP contribution in [0.15, 0.2) is 42.5 Å². The van der Waals surface area contributed by atoms with Crippen LogP contribution in [0.3, 0.4) is 0 Å². The number of carbonyl (C=O) groups excluding carboxylic acids is 3. The van der Waals surface area contributed by atoms with Gasteiger partial charge in [0, 0.05) is 48.0 Å². The van der Waals surface area contributed by atoms with Crippen LogP contribution in [0.2, 0.25) is 5.02 Å². The van der Waals surface area contributed by atoms with E-state index >= 15 is 0 Å². The maximum absolute atomic E-state index is 14.7. The number of nitrogens with one attached hydrogen (secondary N) is 1. The lowest BCUT2D eigenvalue weighted by molar-refractivity contribution is -0.121. The first-order valence-electron chi connectivity index (χ1n) is 11.1. The number of rotatable bonds is 8. The van der Waals surface area contributed by atoms with Crippen molar-refractivity contribution in [1.29, 1.82) is 0 Å². The number of cyclic esters (lactones) is 1. The minimum absolute atomic E-state index is 0.0213. The lowest BCUT2D eigenvalue weighted by Crippen LogP contribution is -2.35. The molecule has 2 aliphatic heterocycles. The van der Waals surface area contributed by atoms with Gasteiger partial charge in [0.05, 0.1) is 24.5 Å². The van der Waals surface area contributed by atoms with Crippen LogP contribution in [0.25, 0.3) is 0 Å². The Morgan fingerprint density at radius 2 is 1.85 bits per heavy atom. The summed E-state index contributed by atoms with van der Waals surface area (Å²) in [4.78, 5) is 40.0. The molecule has 2 aliphatic rings. The van der Waals surface area contributed by atoms with Crippen molar-refractivity contribution in [2.24, 2.45) is 0 Å². The minimum Gasteiger partial charge on any atom is -0.442 e. The molecule has 180 valence electrons. The fourth-order valence-corrected chi connectivity index (χ4v) is 4.92. The number of amides is 2. The van der Waals surface area contributed by atoms with Gasteiger partial charge in [0.15, 0.2) is 5.78 Å². The lowest BCUT2D eigenvalue weighted by Gasteiger charge is -2.29. The average Bonchev–Trinajstić information content (AvgIpc) is 3.22. The molecular formula is C24H25ClFN3O4S. The van der Waals surface area contributed by atoms with Crippen molar-refractivity contribution in [3.05, 3.63) is 58.9 Å². The second-order valence-corrected chi connectivity index (χ2v) is 9.75. The van der Waals surface area contributed by atoms with E-state index in [0.29, 0.717) is 22.0 Å². The summed E-state index contributed by atoms with van der Waals surface area (Å²) in [6.07, 6.45) is -1.07. The van der Waals surface area contributed by atoms with Crippen molar-refractivity contribution in [3.8, 4) is 0 Å². The van der Waals surface area contributed by atoms with E-state index in [1.807, 2.05) is 16.7 Å². The summed E-state index contributed by atoms with van der Waals surface area (Å²) >= 11 is 7.67. The molecular weight excluding hydrogens is 481 g/mol. The van der Waals surface area contributed by atoms with Gasteiger partial charge in [0.1, 0.15) is 11.9 Å². The Bertz CT molecular complexity index is 1060. The molecule has 0 radical (unpaired) electrons. The Kier molecular flexibility index (Phi) is 7.95. The van der Waals surface area contributed by atoms with Gasteiger partial charge in [-0.2, -0.15) is 11.8 Å². The first-order chi connectivity index (χ1) is 16.4. The van der Waals surface area contributed by atoms with Gasteiger partial charge >= 0.3 is 6.09 Å². The predicted molar refractivity (Wildman–Crippen MR) is 132 cm³/mol. The highest BCUT2D eigenvalue weighted by atomic mass is 35.5. The van der Waals surface area contributed by atoms with Crippen LogP contribution in [0, 0.1) is 5.82 Å². The molecule has 4 rings (SSSR count). The zero-order valence-electron chi connectivity index (χ0n) is 18.5. The summed E-state index contributed by atoms with van der Waals surface area (Å²) < 4.78 is 20.1. The molecule has 2 heterocycles. The number of thioether (sulfide) groups is 1. The number of hydrogen-bond donors (Lipinski definition) is 1. The van der Waals surface area contributed by atoms with Gasteiger partial charge in [-0.25, -0.2) is 9.18 Å². The maximum atomic E-state index is 14.7. The third kappa shape index (κ3) is 6.01. The second kappa shape index (κ2) is 11.1. The van der Waals surface area contributed by atoms with Gasteiger partial charge in [-0.15, -0.1) is 0 Å². The third-order valence-electron chi connectivity index (χ3n) is 5.74. The zero-order chi connectivity index (χ0) is 24.1. The number of ether oxygens (including phenoxy) is 1. The normalized spacial score (nSPS) is 18.1. The quantitative estimate of drug-likeness (QED) is 0.543. The number of halogens is 2. The summed E-state index contributed by atoms with van der Waals surface area (Å²) in [7, 11) is 0. The molecule has 0 saturated carbocycles. The summed E-state index contributed by atoms with van der Waals surface area (Å²) in [5.41, 5.74) is 1.45. The number of hydrogen-bond acceptors (Lipinski definition) is 6. The Morgan fingerprint density at radius 1 is 1.12 bits per heavy atom. The van der Waals surface area contributed by atoms with Crippen LogP contribution in [0.1, 0.15) is 23.2 Å². The van der Waals surface area contributed by atoms with Gasteiger partial charge in [-0.05, 0) is 42.5 Å². The number of ketones is 1. The molecule has 2 aromatic rings. The van der Waals surface area contributed by atoms with Gasteiger partial charge in [-0.3, -0.25) is 14.5 Å². The topological polar surface area (TPSA) is 79.0 Å². The van der Waals surface area contributed by atoms with Crippen LogP contribution >= 0.6 is 23.4 Å². The van der Waals surface area contributed by atoms with Crippen LogP contribution in [-0.2, 0) is 9.53 Å². The molecule has 34 heavy (non-hydrogen) atoms. The highest BCUT2D eigenvalue weighted by Crippen LogP contribution is 2.29. The monoisotopic (exact) mass is 505 g/mol. The van der Waals surface area contributed by atoms with Crippen molar-refractivity contribution in [2.45, 2.75) is 18.9 Å². The molecule has 0 spiro atoms. The highest BCUT2D eigenvalue weighted by molar-refractivity contribution is 7.99. The van der Waals surface area contributed by atoms with Gasteiger partial charge in [0.2, 0.25) is 5.91 Å². The molecule has 2 fully saturated rings. The van der Waals surface area contributed by atoms with E-state index in [1.165, 1.54) is 11.0 Å². The minimum atomic E-state index is -0.585. The molecule has 2 amide bonds. The zero-order valence-corrected chi connectivity index (χ0v) is 20.0. The Labute approximate surface area is 206 Å². The maximum Gasteiger partial charge on any atom is 0.414 e. The molecule has 2 aromatic carbocycles. The lowest BCUT2D eigenvalue weighted by atomic mass is 10.1. The molecule has 1 N–H and O–H groups in total. The number of nitrogens with zero attached hydrogens (tertiary/aromatic N) is 2. The van der Waals surface area contributed by atoms with Crippen LogP contribution in [0.5, 0.6) is 0 Å². The molecule has 1 atom stereocenters. The van der Waals surface area contributed by atoms with Gasteiger partial charge in [-0.1, -0.05) is 11.6 Å². The molecule has 2 saturated heterocycles. The summed E-state index contributed by atoms with van der Waals surface area (Å²) in [5.74, 6) is 1.08. The van der Waals surface area contributed by atoms with E-state index in [4.69, 9.17) is 16.3 Å². The smallest absolute Gasteiger partial charge is 0.414 e. The van der Waals surface area contributed by atoms with E-state index in [2.05, 4.69) is 5.32 Å². The standard InChI is InChI=1S/C24H25ClFN3O4S/c25-17-3-1-16(2-4-17)22(30)7-8-23(31)27-14-19-15-29(24(32)33-19)18-5-6-21(20(26)13-18)28-9-11-34-12-10-28/h1-6,13,19H,7-12,14-15H2,(H,27,31). The summed E-state index contributed by atoms with van der Waals surface area (Å²) in [6, 6.07) is 11.3. The Morgan fingerprint density at radius 3 is 2.56 bits per heavy atom. The van der Waals surface area contributed by atoms with Gasteiger partial charge < -0.3 is 15.0 Å². The summed E-state index contributed by atoms with van der Waals surface area (Å²) in [5, 5.41) is 3.23. The number of Topliss-reactive ketones (excluding diaryl/α,β-unsaturated/α-hetero) is 1. The van der Waals surface area contributed by atoms with Crippen LogP contribution < -0.4 is 15.1 Å². The van der Waals surface area contributed by atoms with E-state index in [-0.39, 0.29) is 43.4 Å². The predicted octanol–water partition coefficient (Wildman–Crippen LogP) is 4.14. The molecule has 0 bridgehead atoms. The molecule has 0 aliphatic carbocycles. The van der Waals surface area contributed by atoms with Crippen LogP contribution in [0.4, 0.5) is 20.6 Å². The first kappa shape index (κ1) is 24.3. The third-order valence-corrected chi connectivity index (χ3v) is 6.94. The van der Waals surface area contributed by atoms with Crippen molar-refractivity contribution < 1.29 is 23.5 Å². The van der Waals surface area contributed by atoms with E-state index in [0.717, 1.165) is 24.6 Å². The van der Waals surface area contributed by atoms with Crippen molar-refractivity contribution >= 4 is 52.5 Å². The largest absolute Gasteiger partial charge is 0.442 e. The van der Waals surface area contributed by atoms with Crippen molar-refractivity contribution in [1.82, 2.24) is 5.32 Å². The first-order valence-corrected chi connectivity index (χ1v) is 12.6. The summed E-state index contributed by atoms with van der Waals surface area (Å²) in [6.45, 7) is 1.89. The van der Waals surface area contributed by atoms with Crippen molar-refractivity contribution in [2.75, 3.05) is 47.5 Å². The molecule has 0 aromatic heterocycles. The van der Waals surface area contributed by atoms with Gasteiger partial charge in [0.25, 0.3) is 0 Å². The Hall–Kier alpha value is -2.78.